The van der Waals surface area contributed by atoms with E-state index in [0.29, 0.717) is 11.8 Å². The summed E-state index contributed by atoms with van der Waals surface area (Å²) < 4.78 is 8.75. The molecule has 1 aliphatic heterocycles. The fourth-order valence-corrected chi connectivity index (χ4v) is 5.45. The number of imidazole rings is 1. The van der Waals surface area contributed by atoms with Crippen molar-refractivity contribution in [3.8, 4) is 11.6 Å². The summed E-state index contributed by atoms with van der Waals surface area (Å²) in [5, 5.41) is 5.62. The van der Waals surface area contributed by atoms with Crippen LogP contribution < -0.4 is 4.74 Å². The van der Waals surface area contributed by atoms with Crippen LogP contribution in [0.5, 0.6) is 5.88 Å². The molecule has 1 aromatic carbocycles. The fraction of sp³-hybridized carbons (Fsp3) is 0.360. The molecule has 1 aliphatic carbocycles. The second-order valence-corrected chi connectivity index (χ2v) is 10.1. The Labute approximate surface area is 196 Å². The summed E-state index contributed by atoms with van der Waals surface area (Å²) in [5.41, 5.74) is 5.72. The van der Waals surface area contributed by atoms with E-state index in [1.165, 1.54) is 23.1 Å². The average Bonchev–Trinajstić information content (AvgIpc) is 3.48. The van der Waals surface area contributed by atoms with Crippen molar-refractivity contribution in [1.29, 1.82) is 0 Å². The number of oxime groups is 1. The van der Waals surface area contributed by atoms with E-state index >= 15 is 0 Å². The van der Waals surface area contributed by atoms with Gasteiger partial charge in [-0.05, 0) is 62.4 Å². The first-order valence-electron chi connectivity index (χ1n) is 11.2. The van der Waals surface area contributed by atoms with E-state index in [4.69, 9.17) is 19.5 Å². The summed E-state index contributed by atoms with van der Waals surface area (Å²) in [5.74, 6) is 1.33. The highest BCUT2D eigenvalue weighted by molar-refractivity contribution is 7.18. The predicted molar refractivity (Wildman–Crippen MR) is 128 cm³/mol. The lowest BCUT2D eigenvalue weighted by Gasteiger charge is -2.30. The normalized spacial score (nSPS) is 20.5. The number of aromatic nitrogens is 4. The largest absolute Gasteiger partial charge is 0.479 e. The van der Waals surface area contributed by atoms with Gasteiger partial charge in [0, 0.05) is 18.5 Å². The highest BCUT2D eigenvalue weighted by Gasteiger charge is 2.42. The zero-order chi connectivity index (χ0) is 22.5. The molecule has 4 aromatic rings. The van der Waals surface area contributed by atoms with Gasteiger partial charge in [-0.2, -0.15) is 0 Å². The molecule has 0 N–H and O–H groups in total. The van der Waals surface area contributed by atoms with Gasteiger partial charge in [0.1, 0.15) is 17.5 Å². The molecule has 4 heterocycles. The third-order valence-corrected chi connectivity index (χ3v) is 7.40. The van der Waals surface area contributed by atoms with E-state index in [1.54, 1.807) is 24.8 Å². The predicted octanol–water partition coefficient (Wildman–Crippen LogP) is 5.19. The van der Waals surface area contributed by atoms with Crippen LogP contribution in [0, 0.1) is 19.8 Å². The van der Waals surface area contributed by atoms with E-state index in [2.05, 4.69) is 35.3 Å². The van der Waals surface area contributed by atoms with Gasteiger partial charge in [-0.25, -0.2) is 15.0 Å². The van der Waals surface area contributed by atoms with Crippen LogP contribution >= 0.6 is 11.3 Å². The number of fused-ring (bicyclic) bond motifs is 1. The lowest BCUT2D eigenvalue weighted by Crippen LogP contribution is -2.30. The Balaban J connectivity index is 1.34. The Morgan fingerprint density at radius 3 is 2.76 bits per heavy atom. The summed E-state index contributed by atoms with van der Waals surface area (Å²) in [6.07, 6.45) is 7.00. The molecule has 1 fully saturated rings. The number of rotatable bonds is 5. The Morgan fingerprint density at radius 1 is 1.12 bits per heavy atom. The van der Waals surface area contributed by atoms with E-state index in [0.717, 1.165) is 39.7 Å². The van der Waals surface area contributed by atoms with Crippen molar-refractivity contribution >= 4 is 27.3 Å². The molecule has 168 valence electrons. The van der Waals surface area contributed by atoms with Crippen molar-refractivity contribution in [2.45, 2.75) is 45.1 Å². The molecule has 3 aromatic heterocycles. The van der Waals surface area contributed by atoms with Gasteiger partial charge in [0.2, 0.25) is 5.88 Å². The number of methoxy groups -OCH3 is 1. The first-order chi connectivity index (χ1) is 16.1. The number of ether oxygens (including phenoxy) is 1. The number of benzene rings is 1. The van der Waals surface area contributed by atoms with Crippen molar-refractivity contribution in [2.24, 2.45) is 11.1 Å². The number of pyridine rings is 1. The lowest BCUT2D eigenvalue weighted by atomic mass is 9.84. The smallest absolute Gasteiger partial charge is 0.238 e. The molecule has 0 saturated heterocycles. The van der Waals surface area contributed by atoms with Crippen molar-refractivity contribution in [2.75, 3.05) is 7.11 Å². The van der Waals surface area contributed by atoms with Gasteiger partial charge in [-0.15, -0.1) is 11.3 Å². The average molecular weight is 460 g/mol. The maximum atomic E-state index is 6.12. The van der Waals surface area contributed by atoms with Crippen LogP contribution in [-0.4, -0.2) is 38.4 Å². The van der Waals surface area contributed by atoms with Gasteiger partial charge in [-0.1, -0.05) is 11.2 Å². The van der Waals surface area contributed by atoms with Gasteiger partial charge in [0.05, 0.1) is 40.0 Å². The van der Waals surface area contributed by atoms with E-state index < -0.39 is 0 Å². The molecule has 0 spiro atoms. The molecule has 8 heteroatoms. The van der Waals surface area contributed by atoms with Crippen LogP contribution in [0.4, 0.5) is 0 Å². The summed E-state index contributed by atoms with van der Waals surface area (Å²) in [6.45, 7) is 4.01. The van der Waals surface area contributed by atoms with Gasteiger partial charge in [0.15, 0.2) is 0 Å². The minimum absolute atomic E-state index is 0.0982. The number of hydrogen-bond donors (Lipinski definition) is 0. The van der Waals surface area contributed by atoms with Crippen LogP contribution in [-0.2, 0) is 4.84 Å². The number of hydrogen-bond acceptors (Lipinski definition) is 7. The molecule has 2 atom stereocenters. The van der Waals surface area contributed by atoms with Crippen molar-refractivity contribution in [1.82, 2.24) is 19.5 Å². The number of thiazole rings is 1. The highest BCUT2D eigenvalue weighted by atomic mass is 32.1. The molecular weight excluding hydrogens is 434 g/mol. The SMILES string of the molecule is COc1nc(C2=NOC(C3CC3)C(c3ccc4sc(C)nc4c3)C2)ccc1-n1cnc(C)c1. The molecule has 0 bridgehead atoms. The first kappa shape index (κ1) is 20.4. The minimum atomic E-state index is 0.0982. The lowest BCUT2D eigenvalue weighted by molar-refractivity contribution is 0.0136. The van der Waals surface area contributed by atoms with Gasteiger partial charge in [-0.3, -0.25) is 0 Å². The van der Waals surface area contributed by atoms with E-state index in [1.807, 2.05) is 29.8 Å². The van der Waals surface area contributed by atoms with E-state index in [-0.39, 0.29) is 12.0 Å². The molecule has 0 radical (unpaired) electrons. The summed E-state index contributed by atoms with van der Waals surface area (Å²) >= 11 is 1.73. The molecule has 33 heavy (non-hydrogen) atoms. The maximum Gasteiger partial charge on any atom is 0.238 e. The van der Waals surface area contributed by atoms with Crippen LogP contribution in [0.15, 0.2) is 48.0 Å². The first-order valence-corrected chi connectivity index (χ1v) is 12.1. The Bertz CT molecular complexity index is 1370. The third-order valence-electron chi connectivity index (χ3n) is 6.45. The Kier molecular flexibility index (Phi) is 4.90. The summed E-state index contributed by atoms with van der Waals surface area (Å²) in [6, 6.07) is 10.6. The quantitative estimate of drug-likeness (QED) is 0.411. The maximum absolute atomic E-state index is 6.12. The second kappa shape index (κ2) is 7.95. The molecule has 6 rings (SSSR count). The van der Waals surface area contributed by atoms with Gasteiger partial charge < -0.3 is 14.1 Å². The Morgan fingerprint density at radius 2 is 2.00 bits per heavy atom. The summed E-state index contributed by atoms with van der Waals surface area (Å²) in [7, 11) is 1.63. The Hall–Kier alpha value is -3.26. The standard InChI is InChI=1S/C25H25N5O2S/c1-14-12-30(13-26-14)22-8-7-19(28-25(22)31-3)20-11-18(24(32-29-20)16-4-5-16)17-6-9-23-21(10-17)27-15(2)33-23/h6-10,12-13,16,18,24H,4-5,11H2,1-3H3. The minimum Gasteiger partial charge on any atom is -0.479 e. The zero-order valence-corrected chi connectivity index (χ0v) is 19.7. The molecule has 2 aliphatic rings. The fourth-order valence-electron chi connectivity index (χ4n) is 4.64. The topological polar surface area (TPSA) is 74.4 Å². The van der Waals surface area contributed by atoms with E-state index in [9.17, 15) is 0 Å². The molecule has 7 nitrogen and oxygen atoms in total. The number of aryl methyl sites for hydroxylation is 2. The summed E-state index contributed by atoms with van der Waals surface area (Å²) in [4.78, 5) is 19.9. The van der Waals surface area contributed by atoms with Crippen LogP contribution in [0.3, 0.4) is 0 Å². The highest BCUT2D eigenvalue weighted by Crippen LogP contribution is 2.45. The monoisotopic (exact) mass is 459 g/mol. The second-order valence-electron chi connectivity index (χ2n) is 8.86. The number of nitrogens with zero attached hydrogens (tertiary/aromatic N) is 5. The van der Waals surface area contributed by atoms with Crippen LogP contribution in [0.25, 0.3) is 15.9 Å². The third kappa shape index (κ3) is 3.78. The zero-order valence-electron chi connectivity index (χ0n) is 18.9. The van der Waals surface area contributed by atoms with Gasteiger partial charge in [0.25, 0.3) is 0 Å². The molecule has 2 unspecified atom stereocenters. The molecular formula is C25H25N5O2S. The van der Waals surface area contributed by atoms with Crippen molar-refractivity contribution in [3.63, 3.8) is 0 Å². The molecule has 1 saturated carbocycles. The van der Waals surface area contributed by atoms with Gasteiger partial charge >= 0.3 is 0 Å². The molecule has 0 amide bonds. The van der Waals surface area contributed by atoms with Crippen molar-refractivity contribution < 1.29 is 9.57 Å². The van der Waals surface area contributed by atoms with Crippen molar-refractivity contribution in [3.05, 3.63) is 64.8 Å². The van der Waals surface area contributed by atoms with Crippen LogP contribution in [0.2, 0.25) is 0 Å². The van der Waals surface area contributed by atoms with Crippen LogP contribution in [0.1, 0.15) is 47.1 Å².